The SMILES string of the molecule is COc1ccc(CNCCCCC#N)cc1. The van der Waals surface area contributed by atoms with Crippen molar-refractivity contribution >= 4 is 0 Å². The van der Waals surface area contributed by atoms with E-state index >= 15 is 0 Å². The number of ether oxygens (including phenoxy) is 1. The Hall–Kier alpha value is -1.53. The van der Waals surface area contributed by atoms with E-state index in [-0.39, 0.29) is 0 Å². The van der Waals surface area contributed by atoms with Crippen LogP contribution in [0.5, 0.6) is 5.75 Å². The van der Waals surface area contributed by atoms with Crippen molar-refractivity contribution in [3.63, 3.8) is 0 Å². The molecule has 0 saturated carbocycles. The molecule has 3 heteroatoms. The molecule has 0 unspecified atom stereocenters. The zero-order valence-electron chi connectivity index (χ0n) is 9.70. The number of rotatable bonds is 7. The summed E-state index contributed by atoms with van der Waals surface area (Å²) in [7, 11) is 1.67. The highest BCUT2D eigenvalue weighted by Gasteiger charge is 1.94. The summed E-state index contributed by atoms with van der Waals surface area (Å²) in [5, 5.41) is 11.7. The summed E-state index contributed by atoms with van der Waals surface area (Å²) in [6.45, 7) is 1.84. The normalized spacial score (nSPS) is 9.75. The Bertz CT molecular complexity index is 327. The fraction of sp³-hybridized carbons (Fsp3) is 0.462. The van der Waals surface area contributed by atoms with Gasteiger partial charge in [0.25, 0.3) is 0 Å². The average Bonchev–Trinajstić information content (AvgIpc) is 2.34. The summed E-state index contributed by atoms with van der Waals surface area (Å²) >= 11 is 0. The summed E-state index contributed by atoms with van der Waals surface area (Å²) < 4.78 is 5.09. The zero-order chi connectivity index (χ0) is 11.6. The molecule has 0 heterocycles. The van der Waals surface area contributed by atoms with Crippen LogP contribution in [-0.4, -0.2) is 13.7 Å². The second kappa shape index (κ2) is 7.72. The molecule has 0 aliphatic heterocycles. The highest BCUT2D eigenvalue weighted by atomic mass is 16.5. The number of unbranched alkanes of at least 4 members (excludes halogenated alkanes) is 2. The summed E-state index contributed by atoms with van der Waals surface area (Å²) in [4.78, 5) is 0. The van der Waals surface area contributed by atoms with Crippen LogP contribution in [0.15, 0.2) is 24.3 Å². The zero-order valence-corrected chi connectivity index (χ0v) is 9.70. The number of hydrogen-bond donors (Lipinski definition) is 1. The van der Waals surface area contributed by atoms with Crippen LogP contribution < -0.4 is 10.1 Å². The van der Waals surface area contributed by atoms with Crippen LogP contribution in [0.2, 0.25) is 0 Å². The van der Waals surface area contributed by atoms with Gasteiger partial charge in [-0.3, -0.25) is 0 Å². The fourth-order valence-electron chi connectivity index (χ4n) is 1.43. The van der Waals surface area contributed by atoms with Crippen LogP contribution in [0.4, 0.5) is 0 Å². The van der Waals surface area contributed by atoms with E-state index in [1.54, 1.807) is 7.11 Å². The van der Waals surface area contributed by atoms with Crippen LogP contribution in [0.25, 0.3) is 0 Å². The molecule has 16 heavy (non-hydrogen) atoms. The highest BCUT2D eigenvalue weighted by Crippen LogP contribution is 2.10. The molecule has 1 rings (SSSR count). The van der Waals surface area contributed by atoms with Gasteiger partial charge in [-0.25, -0.2) is 0 Å². The van der Waals surface area contributed by atoms with Crippen molar-refractivity contribution in [3.8, 4) is 11.8 Å². The van der Waals surface area contributed by atoms with Crippen LogP contribution >= 0.6 is 0 Å². The molecule has 0 radical (unpaired) electrons. The first-order valence-electron chi connectivity index (χ1n) is 5.57. The van der Waals surface area contributed by atoms with Gasteiger partial charge in [0.05, 0.1) is 13.2 Å². The van der Waals surface area contributed by atoms with Crippen molar-refractivity contribution in [2.45, 2.75) is 25.8 Å². The quantitative estimate of drug-likeness (QED) is 0.715. The summed E-state index contributed by atoms with van der Waals surface area (Å²) in [6, 6.07) is 10.2. The third-order valence-corrected chi connectivity index (χ3v) is 2.38. The van der Waals surface area contributed by atoms with Crippen molar-refractivity contribution in [2.24, 2.45) is 0 Å². The van der Waals surface area contributed by atoms with Gasteiger partial charge in [0, 0.05) is 13.0 Å². The van der Waals surface area contributed by atoms with E-state index in [4.69, 9.17) is 10.00 Å². The second-order valence-electron chi connectivity index (χ2n) is 3.64. The largest absolute Gasteiger partial charge is 0.497 e. The second-order valence-corrected chi connectivity index (χ2v) is 3.64. The molecule has 0 aromatic heterocycles. The molecule has 0 amide bonds. The van der Waals surface area contributed by atoms with Crippen LogP contribution in [0.1, 0.15) is 24.8 Å². The van der Waals surface area contributed by atoms with Gasteiger partial charge in [-0.05, 0) is 37.1 Å². The van der Waals surface area contributed by atoms with Gasteiger partial charge in [-0.2, -0.15) is 5.26 Å². The maximum absolute atomic E-state index is 8.37. The first-order valence-corrected chi connectivity index (χ1v) is 5.57. The molecule has 86 valence electrons. The summed E-state index contributed by atoms with van der Waals surface area (Å²) in [5.74, 6) is 0.887. The van der Waals surface area contributed by atoms with Gasteiger partial charge in [0.15, 0.2) is 0 Å². The lowest BCUT2D eigenvalue weighted by Gasteiger charge is -2.05. The maximum atomic E-state index is 8.37. The average molecular weight is 218 g/mol. The number of benzene rings is 1. The summed E-state index contributed by atoms with van der Waals surface area (Å²) in [6.07, 6.45) is 2.69. The Morgan fingerprint density at radius 1 is 1.25 bits per heavy atom. The highest BCUT2D eigenvalue weighted by molar-refractivity contribution is 5.26. The molecule has 1 aromatic rings. The number of hydrogen-bond acceptors (Lipinski definition) is 3. The molecular weight excluding hydrogens is 200 g/mol. The first kappa shape index (κ1) is 12.5. The predicted octanol–water partition coefficient (Wildman–Crippen LogP) is 2.48. The van der Waals surface area contributed by atoms with E-state index < -0.39 is 0 Å². The molecule has 0 aliphatic rings. The number of nitrogens with one attached hydrogen (secondary N) is 1. The molecule has 0 spiro atoms. The van der Waals surface area contributed by atoms with Gasteiger partial charge >= 0.3 is 0 Å². The minimum Gasteiger partial charge on any atom is -0.497 e. The summed E-state index contributed by atoms with van der Waals surface area (Å²) in [5.41, 5.74) is 1.25. The van der Waals surface area contributed by atoms with Crippen molar-refractivity contribution in [3.05, 3.63) is 29.8 Å². The molecule has 0 atom stereocenters. The van der Waals surface area contributed by atoms with Crippen LogP contribution in [0, 0.1) is 11.3 Å². The Balaban J connectivity index is 2.15. The molecular formula is C13H18N2O. The molecule has 0 aliphatic carbocycles. The van der Waals surface area contributed by atoms with Crippen LogP contribution in [-0.2, 0) is 6.54 Å². The molecule has 0 bridgehead atoms. The lowest BCUT2D eigenvalue weighted by molar-refractivity contribution is 0.414. The lowest BCUT2D eigenvalue weighted by Crippen LogP contribution is -2.14. The van der Waals surface area contributed by atoms with Gasteiger partial charge in [-0.15, -0.1) is 0 Å². The number of nitriles is 1. The first-order chi connectivity index (χ1) is 7.86. The number of methoxy groups -OCH3 is 1. The number of nitrogens with zero attached hydrogens (tertiary/aromatic N) is 1. The van der Waals surface area contributed by atoms with Gasteiger partial charge in [0.1, 0.15) is 5.75 Å². The standard InChI is InChI=1S/C13H18N2O/c1-16-13-7-5-12(6-8-13)11-15-10-4-2-3-9-14/h5-8,15H,2-4,10-11H2,1H3. The Morgan fingerprint density at radius 3 is 2.62 bits per heavy atom. The molecule has 1 aromatic carbocycles. The van der Waals surface area contributed by atoms with Crippen molar-refractivity contribution in [1.29, 1.82) is 5.26 Å². The Morgan fingerprint density at radius 2 is 2.00 bits per heavy atom. The Labute approximate surface area is 97.0 Å². The maximum Gasteiger partial charge on any atom is 0.118 e. The Kier molecular flexibility index (Phi) is 6.05. The van der Waals surface area contributed by atoms with E-state index in [1.165, 1.54) is 5.56 Å². The van der Waals surface area contributed by atoms with Crippen molar-refractivity contribution in [1.82, 2.24) is 5.32 Å². The van der Waals surface area contributed by atoms with Crippen LogP contribution in [0.3, 0.4) is 0 Å². The predicted molar refractivity (Wildman–Crippen MR) is 64.2 cm³/mol. The minimum absolute atomic E-state index is 0.657. The molecule has 0 saturated heterocycles. The third-order valence-electron chi connectivity index (χ3n) is 2.38. The van der Waals surface area contributed by atoms with E-state index in [1.807, 2.05) is 12.1 Å². The van der Waals surface area contributed by atoms with E-state index in [9.17, 15) is 0 Å². The monoisotopic (exact) mass is 218 g/mol. The van der Waals surface area contributed by atoms with E-state index in [2.05, 4.69) is 23.5 Å². The van der Waals surface area contributed by atoms with Crippen molar-refractivity contribution in [2.75, 3.05) is 13.7 Å². The fourth-order valence-corrected chi connectivity index (χ4v) is 1.43. The molecule has 1 N–H and O–H groups in total. The van der Waals surface area contributed by atoms with Gasteiger partial charge in [0.2, 0.25) is 0 Å². The van der Waals surface area contributed by atoms with E-state index in [0.717, 1.165) is 31.7 Å². The van der Waals surface area contributed by atoms with E-state index in [0.29, 0.717) is 6.42 Å². The third kappa shape index (κ3) is 4.81. The van der Waals surface area contributed by atoms with Crippen molar-refractivity contribution < 1.29 is 4.74 Å². The molecule has 0 fully saturated rings. The smallest absolute Gasteiger partial charge is 0.118 e. The topological polar surface area (TPSA) is 45.0 Å². The minimum atomic E-state index is 0.657. The van der Waals surface area contributed by atoms with Gasteiger partial charge in [-0.1, -0.05) is 12.1 Å². The molecule has 3 nitrogen and oxygen atoms in total. The lowest BCUT2D eigenvalue weighted by atomic mass is 10.2. The van der Waals surface area contributed by atoms with Gasteiger partial charge < -0.3 is 10.1 Å².